The molecule has 2 heterocycles. The van der Waals surface area contributed by atoms with Crippen molar-refractivity contribution in [3.63, 3.8) is 0 Å². The zero-order valence-electron chi connectivity index (χ0n) is 9.39. The van der Waals surface area contributed by atoms with Gasteiger partial charge in [0.2, 0.25) is 0 Å². The number of hydrogen-bond donors (Lipinski definition) is 0. The zero-order valence-corrected chi connectivity index (χ0v) is 10.2. The molecule has 0 N–H and O–H groups in total. The lowest BCUT2D eigenvalue weighted by atomic mass is 10.0. The van der Waals surface area contributed by atoms with Crippen molar-refractivity contribution >= 4 is 22.8 Å². The molecule has 16 heavy (non-hydrogen) atoms. The van der Waals surface area contributed by atoms with Gasteiger partial charge in [0.25, 0.3) is 0 Å². The van der Waals surface area contributed by atoms with Gasteiger partial charge in [0, 0.05) is 26.8 Å². The molecule has 1 fully saturated rings. The Labute approximate surface area is 99.2 Å². The lowest BCUT2D eigenvalue weighted by Crippen LogP contribution is -2.29. The third-order valence-electron chi connectivity index (χ3n) is 2.83. The summed E-state index contributed by atoms with van der Waals surface area (Å²) >= 11 is 1.45. The fourth-order valence-electron chi connectivity index (χ4n) is 1.90. The highest BCUT2D eigenvalue weighted by atomic mass is 32.1. The molecule has 0 spiro atoms. The lowest BCUT2D eigenvalue weighted by Gasteiger charge is -2.26. The number of ether oxygens (including phenoxy) is 1. The van der Waals surface area contributed by atoms with E-state index < -0.39 is 0 Å². The molecule has 1 aliphatic rings. The molecule has 4 nitrogen and oxygen atoms in total. The predicted octanol–water partition coefficient (Wildman–Crippen LogP) is 1.82. The smallest absolute Gasteiger partial charge is 0.185 e. The van der Waals surface area contributed by atoms with E-state index in [4.69, 9.17) is 4.74 Å². The molecule has 5 heteroatoms. The summed E-state index contributed by atoms with van der Waals surface area (Å²) in [7, 11) is 2.03. The topological polar surface area (TPSA) is 42.4 Å². The summed E-state index contributed by atoms with van der Waals surface area (Å²) in [6, 6.07) is 0. The first-order valence-electron chi connectivity index (χ1n) is 5.49. The van der Waals surface area contributed by atoms with Crippen molar-refractivity contribution in [3.05, 3.63) is 11.1 Å². The number of thiazole rings is 1. The second-order valence-electron chi connectivity index (χ2n) is 4.10. The monoisotopic (exact) mass is 240 g/mol. The van der Waals surface area contributed by atoms with Crippen LogP contribution in [-0.4, -0.2) is 38.1 Å². The van der Waals surface area contributed by atoms with Crippen LogP contribution in [0, 0.1) is 5.92 Å². The SMILES string of the molecule is CN(CC1CCOCC1)c1ncc(C=O)s1. The Morgan fingerprint density at radius 1 is 1.62 bits per heavy atom. The Kier molecular flexibility index (Phi) is 3.90. The van der Waals surface area contributed by atoms with Crippen molar-refractivity contribution in [3.8, 4) is 0 Å². The van der Waals surface area contributed by atoms with Crippen LogP contribution in [0.3, 0.4) is 0 Å². The molecular formula is C11H16N2O2S. The lowest BCUT2D eigenvalue weighted by molar-refractivity contribution is 0.0685. The van der Waals surface area contributed by atoms with Crippen molar-refractivity contribution in [1.29, 1.82) is 0 Å². The van der Waals surface area contributed by atoms with Crippen molar-refractivity contribution in [2.75, 3.05) is 31.7 Å². The van der Waals surface area contributed by atoms with Crippen LogP contribution in [0.1, 0.15) is 22.5 Å². The number of hydrogen-bond acceptors (Lipinski definition) is 5. The first kappa shape index (κ1) is 11.5. The standard InChI is InChI=1S/C11H16N2O2S/c1-13(7-9-2-4-15-5-3-9)11-12-6-10(8-14)16-11/h6,8-9H,2-5,7H2,1H3. The van der Waals surface area contributed by atoms with Crippen LogP contribution in [0.5, 0.6) is 0 Å². The van der Waals surface area contributed by atoms with Crippen LogP contribution < -0.4 is 4.90 Å². The number of anilines is 1. The van der Waals surface area contributed by atoms with Gasteiger partial charge < -0.3 is 9.64 Å². The van der Waals surface area contributed by atoms with Gasteiger partial charge in [-0.3, -0.25) is 4.79 Å². The Bertz CT molecular complexity index is 348. The molecule has 0 saturated carbocycles. The normalized spacial score (nSPS) is 17.3. The first-order valence-corrected chi connectivity index (χ1v) is 6.31. The predicted molar refractivity (Wildman–Crippen MR) is 64.3 cm³/mol. The Morgan fingerprint density at radius 3 is 3.00 bits per heavy atom. The van der Waals surface area contributed by atoms with Crippen LogP contribution >= 0.6 is 11.3 Å². The molecule has 0 aromatic carbocycles. The van der Waals surface area contributed by atoms with Crippen molar-refractivity contribution in [2.45, 2.75) is 12.8 Å². The van der Waals surface area contributed by atoms with E-state index in [9.17, 15) is 4.79 Å². The number of nitrogens with zero attached hydrogens (tertiary/aromatic N) is 2. The number of carbonyl (C=O) groups excluding carboxylic acids is 1. The molecule has 0 aliphatic carbocycles. The van der Waals surface area contributed by atoms with Crippen LogP contribution in [0.25, 0.3) is 0 Å². The summed E-state index contributed by atoms with van der Waals surface area (Å²) in [6.07, 6.45) is 4.73. The number of carbonyl (C=O) groups is 1. The fraction of sp³-hybridized carbons (Fsp3) is 0.636. The largest absolute Gasteiger partial charge is 0.381 e. The Balaban J connectivity index is 1.90. The summed E-state index contributed by atoms with van der Waals surface area (Å²) in [5.41, 5.74) is 0. The van der Waals surface area contributed by atoms with Crippen molar-refractivity contribution in [1.82, 2.24) is 4.98 Å². The van der Waals surface area contributed by atoms with Gasteiger partial charge in [-0.05, 0) is 18.8 Å². The third-order valence-corrected chi connectivity index (χ3v) is 3.86. The number of aromatic nitrogens is 1. The maximum absolute atomic E-state index is 10.6. The molecular weight excluding hydrogens is 224 g/mol. The average molecular weight is 240 g/mol. The maximum Gasteiger partial charge on any atom is 0.185 e. The van der Waals surface area contributed by atoms with Crippen molar-refractivity contribution in [2.24, 2.45) is 5.92 Å². The molecule has 1 saturated heterocycles. The average Bonchev–Trinajstić information content (AvgIpc) is 2.79. The summed E-state index contributed by atoms with van der Waals surface area (Å²) in [5.74, 6) is 0.683. The van der Waals surface area contributed by atoms with Gasteiger partial charge in [0.05, 0.1) is 11.1 Å². The van der Waals surface area contributed by atoms with Gasteiger partial charge in [0.1, 0.15) is 0 Å². The number of rotatable bonds is 4. The van der Waals surface area contributed by atoms with Gasteiger partial charge in [-0.2, -0.15) is 0 Å². The van der Waals surface area contributed by atoms with E-state index in [0.29, 0.717) is 10.8 Å². The summed E-state index contributed by atoms with van der Waals surface area (Å²) in [5, 5.41) is 0.925. The van der Waals surface area contributed by atoms with Gasteiger partial charge in [-0.15, -0.1) is 0 Å². The Morgan fingerprint density at radius 2 is 2.38 bits per heavy atom. The van der Waals surface area contributed by atoms with E-state index in [2.05, 4.69) is 9.88 Å². The minimum atomic E-state index is 0.683. The minimum absolute atomic E-state index is 0.683. The van der Waals surface area contributed by atoms with Crippen LogP contribution in [0.15, 0.2) is 6.20 Å². The van der Waals surface area contributed by atoms with Gasteiger partial charge >= 0.3 is 0 Å². The van der Waals surface area contributed by atoms with E-state index in [0.717, 1.165) is 44.0 Å². The Hall–Kier alpha value is -0.940. The molecule has 0 unspecified atom stereocenters. The molecule has 2 rings (SSSR count). The molecule has 88 valence electrons. The molecule has 0 amide bonds. The van der Waals surface area contributed by atoms with Crippen molar-refractivity contribution < 1.29 is 9.53 Å². The highest BCUT2D eigenvalue weighted by molar-refractivity contribution is 7.17. The second-order valence-corrected chi connectivity index (χ2v) is 5.14. The van der Waals surface area contributed by atoms with Gasteiger partial charge in [0.15, 0.2) is 11.4 Å². The van der Waals surface area contributed by atoms with E-state index in [1.165, 1.54) is 11.3 Å². The molecule has 1 aliphatic heterocycles. The summed E-state index contributed by atoms with van der Waals surface area (Å²) < 4.78 is 5.33. The quantitative estimate of drug-likeness (QED) is 0.753. The fourth-order valence-corrected chi connectivity index (χ4v) is 2.60. The zero-order chi connectivity index (χ0) is 11.4. The van der Waals surface area contributed by atoms with Crippen LogP contribution in [0.2, 0.25) is 0 Å². The molecule has 0 radical (unpaired) electrons. The summed E-state index contributed by atoms with van der Waals surface area (Å²) in [4.78, 5) is 17.6. The molecule has 0 bridgehead atoms. The van der Waals surface area contributed by atoms with E-state index >= 15 is 0 Å². The van der Waals surface area contributed by atoms with Gasteiger partial charge in [-0.25, -0.2) is 4.98 Å². The molecule has 1 aromatic rings. The molecule has 1 aromatic heterocycles. The summed E-state index contributed by atoms with van der Waals surface area (Å²) in [6.45, 7) is 2.74. The first-order chi connectivity index (χ1) is 7.79. The van der Waals surface area contributed by atoms with Crippen LogP contribution in [-0.2, 0) is 4.74 Å². The van der Waals surface area contributed by atoms with E-state index in [1.807, 2.05) is 7.05 Å². The molecule has 0 atom stereocenters. The number of aldehydes is 1. The van der Waals surface area contributed by atoms with E-state index in [-0.39, 0.29) is 0 Å². The van der Waals surface area contributed by atoms with Crippen LogP contribution in [0.4, 0.5) is 5.13 Å². The maximum atomic E-state index is 10.6. The van der Waals surface area contributed by atoms with E-state index in [1.54, 1.807) is 6.20 Å². The highest BCUT2D eigenvalue weighted by Gasteiger charge is 2.17. The third kappa shape index (κ3) is 2.80. The highest BCUT2D eigenvalue weighted by Crippen LogP contribution is 2.23. The minimum Gasteiger partial charge on any atom is -0.381 e. The second kappa shape index (κ2) is 5.41. The van der Waals surface area contributed by atoms with Gasteiger partial charge in [-0.1, -0.05) is 11.3 Å².